The molecule has 4 aromatic rings. The normalized spacial score (nSPS) is 13.2. The molecule has 0 radical (unpaired) electrons. The van der Waals surface area contributed by atoms with Crippen molar-refractivity contribution in [1.82, 2.24) is 9.97 Å². The number of aromatic nitrogens is 2. The van der Waals surface area contributed by atoms with Crippen LogP contribution < -0.4 is 10.4 Å². The van der Waals surface area contributed by atoms with Gasteiger partial charge in [-0.3, -0.25) is 0 Å². The van der Waals surface area contributed by atoms with Crippen LogP contribution in [-0.2, 0) is 19.4 Å². The number of ether oxygens (including phenoxy) is 1. The minimum absolute atomic E-state index is 0.236. The van der Waals surface area contributed by atoms with E-state index in [0.29, 0.717) is 11.5 Å². The van der Waals surface area contributed by atoms with Crippen LogP contribution in [0.2, 0.25) is 0 Å². The van der Waals surface area contributed by atoms with Gasteiger partial charge < -0.3 is 9.15 Å². The summed E-state index contributed by atoms with van der Waals surface area (Å²) in [5.41, 5.74) is 4.46. The Balaban J connectivity index is 1.56. The van der Waals surface area contributed by atoms with Crippen molar-refractivity contribution in [1.29, 1.82) is 0 Å². The lowest BCUT2D eigenvalue weighted by Crippen LogP contribution is -2.05. The molecule has 1 aliphatic rings. The molecule has 0 unspecified atom stereocenters. The van der Waals surface area contributed by atoms with E-state index in [9.17, 15) is 4.79 Å². The number of hydrogen-bond acceptors (Lipinski definition) is 5. The molecule has 2 aromatic heterocycles. The predicted octanol–water partition coefficient (Wildman–Crippen LogP) is 4.57. The summed E-state index contributed by atoms with van der Waals surface area (Å²) in [5.74, 6) is 0.490. The third-order valence-corrected chi connectivity index (χ3v) is 5.46. The van der Waals surface area contributed by atoms with Gasteiger partial charge in [0.25, 0.3) is 0 Å². The molecule has 0 N–H and O–H groups in total. The fourth-order valence-corrected chi connectivity index (χ4v) is 4.04. The zero-order valence-corrected chi connectivity index (χ0v) is 16.0. The fourth-order valence-electron chi connectivity index (χ4n) is 3.68. The molecule has 0 amide bonds. The minimum atomic E-state index is -0.366. The van der Waals surface area contributed by atoms with Crippen LogP contribution in [0.1, 0.15) is 23.1 Å². The SMILES string of the molecule is O=c1cc(COc2ncnc3ccc(Br)cc23)c2cc3c(cc2o1)CCC3. The van der Waals surface area contributed by atoms with Crippen molar-refractivity contribution in [2.24, 2.45) is 0 Å². The lowest BCUT2D eigenvalue weighted by molar-refractivity contribution is 0.298. The van der Waals surface area contributed by atoms with Gasteiger partial charge in [-0.25, -0.2) is 14.8 Å². The van der Waals surface area contributed by atoms with Gasteiger partial charge in [-0.05, 0) is 60.7 Å². The maximum atomic E-state index is 12.0. The molecular weight excluding hydrogens is 408 g/mol. The number of aryl methyl sites for hydroxylation is 2. The van der Waals surface area contributed by atoms with Crippen LogP contribution in [0.3, 0.4) is 0 Å². The van der Waals surface area contributed by atoms with Crippen LogP contribution in [0.15, 0.2) is 56.4 Å². The van der Waals surface area contributed by atoms with E-state index in [0.717, 1.165) is 45.6 Å². The first-order valence-electron chi connectivity index (χ1n) is 8.79. The fraction of sp³-hybridized carbons (Fsp3) is 0.190. The number of rotatable bonds is 3. The lowest BCUT2D eigenvalue weighted by atomic mass is 10.0. The number of fused-ring (bicyclic) bond motifs is 3. The van der Waals surface area contributed by atoms with E-state index in [1.165, 1.54) is 23.5 Å². The third kappa shape index (κ3) is 3.00. The lowest BCUT2D eigenvalue weighted by Gasteiger charge is -2.10. The van der Waals surface area contributed by atoms with Crippen LogP contribution in [0.4, 0.5) is 0 Å². The molecule has 0 fully saturated rings. The molecule has 0 spiro atoms. The van der Waals surface area contributed by atoms with Gasteiger partial charge in [-0.15, -0.1) is 0 Å². The van der Waals surface area contributed by atoms with Gasteiger partial charge in [0.05, 0.1) is 10.9 Å². The first kappa shape index (κ1) is 16.4. The van der Waals surface area contributed by atoms with Crippen molar-refractivity contribution in [3.63, 3.8) is 0 Å². The van der Waals surface area contributed by atoms with Crippen LogP contribution in [0.5, 0.6) is 5.88 Å². The highest BCUT2D eigenvalue weighted by molar-refractivity contribution is 9.10. The van der Waals surface area contributed by atoms with Crippen LogP contribution in [-0.4, -0.2) is 9.97 Å². The summed E-state index contributed by atoms with van der Waals surface area (Å²) in [6.45, 7) is 0.236. The number of hydrogen-bond donors (Lipinski definition) is 0. The van der Waals surface area contributed by atoms with E-state index in [1.54, 1.807) is 0 Å². The molecule has 5 nitrogen and oxygen atoms in total. The second-order valence-corrected chi connectivity index (χ2v) is 7.61. The van der Waals surface area contributed by atoms with E-state index >= 15 is 0 Å². The topological polar surface area (TPSA) is 65.2 Å². The van der Waals surface area contributed by atoms with E-state index in [1.807, 2.05) is 24.3 Å². The van der Waals surface area contributed by atoms with Gasteiger partial charge in [0.15, 0.2) is 0 Å². The molecule has 0 atom stereocenters. The smallest absolute Gasteiger partial charge is 0.336 e. The highest BCUT2D eigenvalue weighted by atomic mass is 79.9. The van der Waals surface area contributed by atoms with Gasteiger partial charge in [-0.1, -0.05) is 15.9 Å². The zero-order valence-electron chi connectivity index (χ0n) is 14.4. The van der Waals surface area contributed by atoms with Crippen molar-refractivity contribution < 1.29 is 9.15 Å². The Kier molecular flexibility index (Phi) is 3.93. The van der Waals surface area contributed by atoms with Crippen molar-refractivity contribution >= 4 is 37.8 Å². The Morgan fingerprint density at radius 3 is 2.78 bits per heavy atom. The van der Waals surface area contributed by atoms with Crippen LogP contribution in [0, 0.1) is 0 Å². The van der Waals surface area contributed by atoms with Gasteiger partial charge >= 0.3 is 5.63 Å². The van der Waals surface area contributed by atoms with Gasteiger partial charge in [0, 0.05) is 21.5 Å². The zero-order chi connectivity index (χ0) is 18.4. The molecule has 5 rings (SSSR count). The van der Waals surface area contributed by atoms with E-state index in [4.69, 9.17) is 9.15 Å². The number of nitrogens with zero attached hydrogens (tertiary/aromatic N) is 2. The van der Waals surface area contributed by atoms with Crippen molar-refractivity contribution in [3.05, 3.63) is 74.3 Å². The summed E-state index contributed by atoms with van der Waals surface area (Å²) in [4.78, 5) is 20.6. The molecule has 0 saturated carbocycles. The Hall–Kier alpha value is -2.73. The predicted molar refractivity (Wildman–Crippen MR) is 106 cm³/mol. The average molecular weight is 423 g/mol. The van der Waals surface area contributed by atoms with Gasteiger partial charge in [0.1, 0.15) is 18.5 Å². The monoisotopic (exact) mass is 422 g/mol. The molecule has 6 heteroatoms. The summed E-state index contributed by atoms with van der Waals surface area (Å²) in [5, 5.41) is 1.75. The molecule has 1 aliphatic carbocycles. The summed E-state index contributed by atoms with van der Waals surface area (Å²) in [7, 11) is 0. The van der Waals surface area contributed by atoms with E-state index in [2.05, 4.69) is 32.0 Å². The van der Waals surface area contributed by atoms with Crippen molar-refractivity contribution in [2.75, 3.05) is 0 Å². The average Bonchev–Trinajstić information content (AvgIpc) is 3.11. The molecule has 0 saturated heterocycles. The quantitative estimate of drug-likeness (QED) is 0.452. The minimum Gasteiger partial charge on any atom is -0.472 e. The standard InChI is InChI=1S/C21H15BrN2O3/c22-15-4-5-18-17(9-15)21(24-11-23-18)26-10-14-8-20(25)27-19-7-13-3-1-2-12(13)6-16(14)19/h4-9,11H,1-3,10H2. The van der Waals surface area contributed by atoms with E-state index < -0.39 is 0 Å². The highest BCUT2D eigenvalue weighted by Gasteiger charge is 2.16. The van der Waals surface area contributed by atoms with Crippen LogP contribution >= 0.6 is 15.9 Å². The van der Waals surface area contributed by atoms with Gasteiger partial charge in [-0.2, -0.15) is 0 Å². The molecule has 0 aliphatic heterocycles. The second-order valence-electron chi connectivity index (χ2n) is 6.69. The van der Waals surface area contributed by atoms with E-state index in [-0.39, 0.29) is 12.2 Å². The van der Waals surface area contributed by atoms with Crippen molar-refractivity contribution in [3.8, 4) is 5.88 Å². The maximum absolute atomic E-state index is 12.0. The second kappa shape index (κ2) is 6.46. The molecule has 27 heavy (non-hydrogen) atoms. The Morgan fingerprint density at radius 2 is 1.89 bits per heavy atom. The Labute approximate surface area is 163 Å². The van der Waals surface area contributed by atoms with Gasteiger partial charge in [0.2, 0.25) is 5.88 Å². The number of halogens is 1. The Morgan fingerprint density at radius 1 is 1.04 bits per heavy atom. The molecule has 134 valence electrons. The molecule has 2 aromatic carbocycles. The summed E-state index contributed by atoms with van der Waals surface area (Å²) in [6.07, 6.45) is 4.73. The number of benzene rings is 2. The largest absolute Gasteiger partial charge is 0.472 e. The summed E-state index contributed by atoms with van der Waals surface area (Å²) >= 11 is 3.47. The molecule has 2 heterocycles. The first-order valence-corrected chi connectivity index (χ1v) is 9.58. The molecular formula is C21H15BrN2O3. The first-order chi connectivity index (χ1) is 13.2. The highest BCUT2D eigenvalue weighted by Crippen LogP contribution is 2.30. The summed E-state index contributed by atoms with van der Waals surface area (Å²) < 4.78 is 12.3. The Bertz CT molecular complexity index is 1250. The molecule has 0 bridgehead atoms. The maximum Gasteiger partial charge on any atom is 0.336 e. The summed E-state index contributed by atoms with van der Waals surface area (Å²) in [6, 6.07) is 11.4. The van der Waals surface area contributed by atoms with Crippen molar-refractivity contribution in [2.45, 2.75) is 25.9 Å². The third-order valence-electron chi connectivity index (χ3n) is 4.97. The van der Waals surface area contributed by atoms with Crippen LogP contribution in [0.25, 0.3) is 21.9 Å².